The van der Waals surface area contributed by atoms with Gasteiger partial charge in [-0.3, -0.25) is 4.79 Å². The number of nitrogens with two attached hydrogens (primary N) is 1. The van der Waals surface area contributed by atoms with E-state index < -0.39 is 0 Å². The molecule has 0 saturated heterocycles. The molecule has 10 heavy (non-hydrogen) atoms. The van der Waals surface area contributed by atoms with Gasteiger partial charge in [-0.15, -0.1) is 0 Å². The normalized spacial score (nSPS) is 9.70. The van der Waals surface area contributed by atoms with E-state index in [-0.39, 0.29) is 11.3 Å². The van der Waals surface area contributed by atoms with Crippen molar-refractivity contribution in [2.45, 2.75) is 41.0 Å². The second-order valence-corrected chi connectivity index (χ2v) is 3.20. The van der Waals surface area contributed by atoms with Crippen molar-refractivity contribution in [3.05, 3.63) is 0 Å². The highest BCUT2D eigenvalue weighted by Gasteiger charge is 2.12. The zero-order valence-corrected chi connectivity index (χ0v) is 7.69. The number of hydrogen-bond acceptors (Lipinski definition) is 1. The van der Waals surface area contributed by atoms with E-state index in [1.165, 1.54) is 0 Å². The molecule has 0 spiro atoms. The minimum atomic E-state index is -0.225. The molecule has 0 fully saturated rings. The summed E-state index contributed by atoms with van der Waals surface area (Å²) in [6.07, 6.45) is 0.465. The number of rotatable bonds is 1. The van der Waals surface area contributed by atoms with Gasteiger partial charge in [-0.1, -0.05) is 34.6 Å². The average Bonchev–Trinajstić information content (AvgIpc) is 1.64. The lowest BCUT2D eigenvalue weighted by Crippen LogP contribution is -2.19. The number of primary amides is 1. The maximum absolute atomic E-state index is 10.2. The fourth-order valence-corrected chi connectivity index (χ4v) is 0.523. The molecular weight excluding hydrogens is 126 g/mol. The van der Waals surface area contributed by atoms with Gasteiger partial charge < -0.3 is 5.73 Å². The van der Waals surface area contributed by atoms with E-state index in [0.29, 0.717) is 6.42 Å². The Morgan fingerprint density at radius 1 is 1.30 bits per heavy atom. The Kier molecular flexibility index (Phi) is 6.42. The van der Waals surface area contributed by atoms with Crippen LogP contribution in [0.5, 0.6) is 0 Å². The third kappa shape index (κ3) is 15.6. The molecule has 0 saturated carbocycles. The molecule has 0 bridgehead atoms. The summed E-state index contributed by atoms with van der Waals surface area (Å²) >= 11 is 0. The van der Waals surface area contributed by atoms with Gasteiger partial charge in [-0.05, 0) is 5.41 Å². The van der Waals surface area contributed by atoms with Crippen molar-refractivity contribution in [3.63, 3.8) is 0 Å². The number of amides is 1. The first-order valence-electron chi connectivity index (χ1n) is 3.70. The summed E-state index contributed by atoms with van der Waals surface area (Å²) in [5.74, 6) is -0.225. The molecule has 1 amide bonds. The van der Waals surface area contributed by atoms with Crippen LogP contribution in [-0.4, -0.2) is 5.91 Å². The van der Waals surface area contributed by atoms with E-state index in [9.17, 15) is 4.79 Å². The minimum Gasteiger partial charge on any atom is -0.370 e. The highest BCUT2D eigenvalue weighted by atomic mass is 16.1. The van der Waals surface area contributed by atoms with Gasteiger partial charge >= 0.3 is 0 Å². The molecule has 0 aromatic heterocycles. The van der Waals surface area contributed by atoms with Crippen molar-refractivity contribution >= 4 is 5.91 Å². The molecule has 0 radical (unpaired) electrons. The van der Waals surface area contributed by atoms with Gasteiger partial charge in [0.25, 0.3) is 0 Å². The van der Waals surface area contributed by atoms with Crippen molar-refractivity contribution in [2.24, 2.45) is 11.1 Å². The molecule has 2 nitrogen and oxygen atoms in total. The molecule has 2 heteroatoms. The van der Waals surface area contributed by atoms with Gasteiger partial charge in [0.15, 0.2) is 0 Å². The van der Waals surface area contributed by atoms with E-state index in [2.05, 4.69) is 0 Å². The number of carbonyl (C=O) groups is 1. The summed E-state index contributed by atoms with van der Waals surface area (Å²) in [5, 5.41) is 0. The lowest BCUT2D eigenvalue weighted by atomic mass is 9.92. The molecule has 0 aliphatic carbocycles. The topological polar surface area (TPSA) is 43.1 Å². The van der Waals surface area contributed by atoms with Crippen LogP contribution in [0.4, 0.5) is 0 Å². The quantitative estimate of drug-likeness (QED) is 0.602. The van der Waals surface area contributed by atoms with Crippen LogP contribution in [0.1, 0.15) is 41.0 Å². The molecule has 0 unspecified atom stereocenters. The molecule has 0 rings (SSSR count). The lowest BCUT2D eigenvalue weighted by molar-refractivity contribution is -0.119. The van der Waals surface area contributed by atoms with Gasteiger partial charge in [-0.25, -0.2) is 0 Å². The van der Waals surface area contributed by atoms with E-state index in [1.54, 1.807) is 0 Å². The highest BCUT2D eigenvalue weighted by Crippen LogP contribution is 2.16. The van der Waals surface area contributed by atoms with Crippen LogP contribution in [0.25, 0.3) is 0 Å². The van der Waals surface area contributed by atoms with Crippen molar-refractivity contribution in [3.8, 4) is 0 Å². The van der Waals surface area contributed by atoms with Crippen LogP contribution in [0.15, 0.2) is 0 Å². The molecule has 0 aromatic rings. The van der Waals surface area contributed by atoms with Crippen molar-refractivity contribution in [1.29, 1.82) is 0 Å². The van der Waals surface area contributed by atoms with Gasteiger partial charge in [0.1, 0.15) is 0 Å². The van der Waals surface area contributed by atoms with Gasteiger partial charge in [0.05, 0.1) is 0 Å². The molecule has 0 heterocycles. The maximum atomic E-state index is 10.2. The number of hydrogen-bond donors (Lipinski definition) is 1. The smallest absolute Gasteiger partial charge is 0.217 e. The zero-order chi connectivity index (χ0) is 8.78. The summed E-state index contributed by atoms with van der Waals surface area (Å²) in [5.41, 5.74) is 4.99. The third-order valence-electron chi connectivity index (χ3n) is 0.705. The Labute approximate surface area is 63.8 Å². The predicted octanol–water partition coefficient (Wildman–Crippen LogP) is 1.93. The monoisotopic (exact) mass is 145 g/mol. The van der Waals surface area contributed by atoms with Crippen LogP contribution in [0.2, 0.25) is 0 Å². The Balaban J connectivity index is 0. The fourth-order valence-electron chi connectivity index (χ4n) is 0.523. The first-order valence-corrected chi connectivity index (χ1v) is 3.70. The summed E-state index contributed by atoms with van der Waals surface area (Å²) < 4.78 is 0. The van der Waals surface area contributed by atoms with Crippen LogP contribution < -0.4 is 5.73 Å². The average molecular weight is 145 g/mol. The number of carbonyl (C=O) groups excluding carboxylic acids is 1. The lowest BCUT2D eigenvalue weighted by Gasteiger charge is -2.13. The van der Waals surface area contributed by atoms with E-state index in [4.69, 9.17) is 5.73 Å². The summed E-state index contributed by atoms with van der Waals surface area (Å²) in [6.45, 7) is 9.95. The van der Waals surface area contributed by atoms with Crippen LogP contribution in [0.3, 0.4) is 0 Å². The summed E-state index contributed by atoms with van der Waals surface area (Å²) in [4.78, 5) is 10.2. The van der Waals surface area contributed by atoms with E-state index in [1.807, 2.05) is 34.6 Å². The van der Waals surface area contributed by atoms with Gasteiger partial charge in [0.2, 0.25) is 5.91 Å². The first kappa shape index (κ1) is 12.2. The Morgan fingerprint density at radius 2 is 1.60 bits per heavy atom. The third-order valence-corrected chi connectivity index (χ3v) is 0.705. The standard InChI is InChI=1S/C6H13NO.C2H6/c1-6(2,3)4-5(7)8;1-2/h4H2,1-3H3,(H2,7,8);1-2H3. The molecule has 0 aromatic carbocycles. The van der Waals surface area contributed by atoms with Crippen molar-refractivity contribution < 1.29 is 4.79 Å². The van der Waals surface area contributed by atoms with Crippen LogP contribution in [-0.2, 0) is 4.79 Å². The van der Waals surface area contributed by atoms with Crippen molar-refractivity contribution in [1.82, 2.24) is 0 Å². The molecule has 0 aliphatic rings. The Bertz CT molecular complexity index is 91.9. The van der Waals surface area contributed by atoms with Gasteiger partial charge in [0, 0.05) is 6.42 Å². The van der Waals surface area contributed by atoms with Gasteiger partial charge in [-0.2, -0.15) is 0 Å². The van der Waals surface area contributed by atoms with E-state index >= 15 is 0 Å². The Hall–Kier alpha value is -0.530. The molecular formula is C8H19NO. The van der Waals surface area contributed by atoms with Crippen LogP contribution >= 0.6 is 0 Å². The predicted molar refractivity (Wildman–Crippen MR) is 44.6 cm³/mol. The van der Waals surface area contributed by atoms with Crippen molar-refractivity contribution in [2.75, 3.05) is 0 Å². The molecule has 0 atom stereocenters. The molecule has 62 valence electrons. The summed E-state index contributed by atoms with van der Waals surface area (Å²) in [6, 6.07) is 0. The van der Waals surface area contributed by atoms with Crippen LogP contribution in [0, 0.1) is 5.41 Å². The minimum absolute atomic E-state index is 0.0475. The Morgan fingerprint density at radius 3 is 1.60 bits per heavy atom. The second-order valence-electron chi connectivity index (χ2n) is 3.20. The maximum Gasteiger partial charge on any atom is 0.217 e. The SMILES string of the molecule is CC.CC(C)(C)CC(N)=O. The highest BCUT2D eigenvalue weighted by molar-refractivity contribution is 5.74. The molecule has 2 N–H and O–H groups in total. The van der Waals surface area contributed by atoms with E-state index in [0.717, 1.165) is 0 Å². The largest absolute Gasteiger partial charge is 0.370 e. The first-order chi connectivity index (χ1) is 4.42. The molecule has 0 aliphatic heterocycles. The zero-order valence-electron chi connectivity index (χ0n) is 7.69. The fraction of sp³-hybridized carbons (Fsp3) is 0.875. The summed E-state index contributed by atoms with van der Waals surface area (Å²) in [7, 11) is 0. The second kappa shape index (κ2) is 5.27.